The highest BCUT2D eigenvalue weighted by Crippen LogP contribution is 2.30. The van der Waals surface area contributed by atoms with Crippen molar-refractivity contribution in [2.75, 3.05) is 39.5 Å². The maximum Gasteiger partial charge on any atom is 0.320 e. The third-order valence-corrected chi connectivity index (χ3v) is 3.55. The Bertz CT molecular complexity index is 266. The zero-order chi connectivity index (χ0) is 12.8. The van der Waals surface area contributed by atoms with Crippen LogP contribution in [0.1, 0.15) is 32.6 Å². The highest BCUT2D eigenvalue weighted by Gasteiger charge is 2.39. The molecule has 2 saturated heterocycles. The molecule has 0 amide bonds. The number of hydrogen-bond acceptors (Lipinski definition) is 5. The first-order valence-electron chi connectivity index (χ1n) is 6.90. The molecule has 5 nitrogen and oxygen atoms in total. The zero-order valence-electron chi connectivity index (χ0n) is 11.2. The average molecular weight is 257 g/mol. The van der Waals surface area contributed by atoms with Gasteiger partial charge >= 0.3 is 5.97 Å². The Morgan fingerprint density at radius 3 is 2.56 bits per heavy atom. The number of hydrogen-bond donors (Lipinski definition) is 0. The zero-order valence-corrected chi connectivity index (χ0v) is 11.2. The number of likely N-dealkylation sites (tertiary alicyclic amines) is 1. The lowest BCUT2D eigenvalue weighted by Crippen LogP contribution is -2.46. The molecule has 0 saturated carbocycles. The Morgan fingerprint density at radius 1 is 1.28 bits per heavy atom. The molecule has 0 radical (unpaired) electrons. The first kappa shape index (κ1) is 13.8. The Kier molecular flexibility index (Phi) is 4.97. The Morgan fingerprint density at radius 2 is 1.94 bits per heavy atom. The van der Waals surface area contributed by atoms with Crippen molar-refractivity contribution in [2.24, 2.45) is 0 Å². The van der Waals surface area contributed by atoms with Crippen LogP contribution in [0.3, 0.4) is 0 Å². The first-order valence-corrected chi connectivity index (χ1v) is 6.90. The molecule has 104 valence electrons. The fourth-order valence-corrected chi connectivity index (χ4v) is 2.40. The second-order valence-electron chi connectivity index (χ2n) is 4.96. The summed E-state index contributed by atoms with van der Waals surface area (Å²) in [4.78, 5) is 13.7. The van der Waals surface area contributed by atoms with Crippen molar-refractivity contribution >= 4 is 5.97 Å². The van der Waals surface area contributed by atoms with E-state index in [4.69, 9.17) is 14.2 Å². The Labute approximate surface area is 108 Å². The number of unbranched alkanes of at least 4 members (excludes halogenated alkanes) is 1. The van der Waals surface area contributed by atoms with Gasteiger partial charge in [0.25, 0.3) is 0 Å². The van der Waals surface area contributed by atoms with Crippen LogP contribution in [0.15, 0.2) is 0 Å². The van der Waals surface area contributed by atoms with Crippen LogP contribution in [-0.4, -0.2) is 56.1 Å². The number of rotatable bonds is 5. The highest BCUT2D eigenvalue weighted by atomic mass is 16.7. The van der Waals surface area contributed by atoms with Gasteiger partial charge in [0, 0.05) is 25.9 Å². The van der Waals surface area contributed by atoms with Gasteiger partial charge in [-0.2, -0.15) is 0 Å². The molecular formula is C13H23NO4. The molecule has 0 aromatic heterocycles. The molecule has 0 N–H and O–H groups in total. The van der Waals surface area contributed by atoms with Crippen molar-refractivity contribution < 1.29 is 19.0 Å². The van der Waals surface area contributed by atoms with Gasteiger partial charge in [-0.05, 0) is 6.42 Å². The van der Waals surface area contributed by atoms with Crippen molar-refractivity contribution in [2.45, 2.75) is 38.4 Å². The van der Waals surface area contributed by atoms with Crippen LogP contribution in [-0.2, 0) is 19.0 Å². The molecule has 2 aliphatic heterocycles. The molecule has 0 atom stereocenters. The maximum absolute atomic E-state index is 11.6. The van der Waals surface area contributed by atoms with Crippen LogP contribution >= 0.6 is 0 Å². The molecule has 0 aliphatic carbocycles. The van der Waals surface area contributed by atoms with Gasteiger partial charge in [-0.1, -0.05) is 13.3 Å². The smallest absolute Gasteiger partial charge is 0.320 e. The van der Waals surface area contributed by atoms with Gasteiger partial charge in [-0.15, -0.1) is 0 Å². The molecule has 0 aromatic rings. The second kappa shape index (κ2) is 6.50. The Hall–Kier alpha value is -0.650. The number of nitrogens with zero attached hydrogens (tertiary/aromatic N) is 1. The van der Waals surface area contributed by atoms with Gasteiger partial charge in [0.2, 0.25) is 0 Å². The summed E-state index contributed by atoms with van der Waals surface area (Å²) in [5, 5.41) is 0. The minimum absolute atomic E-state index is 0.118. The van der Waals surface area contributed by atoms with Crippen LogP contribution < -0.4 is 0 Å². The Balaban J connectivity index is 1.65. The SMILES string of the molecule is CCCCOC(=O)CN1CCC2(CC1)OCCO2. The summed E-state index contributed by atoms with van der Waals surface area (Å²) in [6.07, 6.45) is 3.68. The molecule has 18 heavy (non-hydrogen) atoms. The lowest BCUT2D eigenvalue weighted by molar-refractivity contribution is -0.187. The molecule has 0 unspecified atom stereocenters. The van der Waals surface area contributed by atoms with E-state index in [2.05, 4.69) is 11.8 Å². The van der Waals surface area contributed by atoms with Gasteiger partial charge in [0.1, 0.15) is 0 Å². The minimum Gasteiger partial charge on any atom is -0.465 e. The fraction of sp³-hybridized carbons (Fsp3) is 0.923. The third kappa shape index (κ3) is 3.67. The molecular weight excluding hydrogens is 234 g/mol. The molecule has 0 aromatic carbocycles. The van der Waals surface area contributed by atoms with E-state index in [0.717, 1.165) is 38.8 Å². The summed E-state index contributed by atoms with van der Waals surface area (Å²) in [7, 11) is 0. The normalized spacial score (nSPS) is 23.4. The van der Waals surface area contributed by atoms with Crippen LogP contribution in [0.2, 0.25) is 0 Å². The quantitative estimate of drug-likeness (QED) is 0.546. The molecule has 2 aliphatic rings. The minimum atomic E-state index is -0.359. The summed E-state index contributed by atoms with van der Waals surface area (Å²) in [5.41, 5.74) is 0. The van der Waals surface area contributed by atoms with Crippen molar-refractivity contribution in [1.82, 2.24) is 4.90 Å². The summed E-state index contributed by atoms with van der Waals surface area (Å²) >= 11 is 0. The summed E-state index contributed by atoms with van der Waals surface area (Å²) < 4.78 is 16.5. The van der Waals surface area contributed by atoms with E-state index in [-0.39, 0.29) is 11.8 Å². The third-order valence-electron chi connectivity index (χ3n) is 3.55. The molecule has 2 heterocycles. The maximum atomic E-state index is 11.6. The van der Waals surface area contributed by atoms with Gasteiger partial charge < -0.3 is 14.2 Å². The number of esters is 1. The first-order chi connectivity index (χ1) is 8.74. The largest absolute Gasteiger partial charge is 0.465 e. The lowest BCUT2D eigenvalue weighted by Gasteiger charge is -2.37. The molecule has 5 heteroatoms. The van der Waals surface area contributed by atoms with Crippen LogP contribution in [0.5, 0.6) is 0 Å². The fourth-order valence-electron chi connectivity index (χ4n) is 2.40. The molecule has 1 spiro atoms. The van der Waals surface area contributed by atoms with Crippen LogP contribution in [0.25, 0.3) is 0 Å². The number of piperidine rings is 1. The summed E-state index contributed by atoms with van der Waals surface area (Å²) in [5.74, 6) is -0.476. The van der Waals surface area contributed by atoms with Gasteiger partial charge in [0.05, 0.1) is 26.4 Å². The predicted molar refractivity (Wildman–Crippen MR) is 66.2 cm³/mol. The van der Waals surface area contributed by atoms with Gasteiger partial charge in [0.15, 0.2) is 5.79 Å². The van der Waals surface area contributed by atoms with Gasteiger partial charge in [-0.3, -0.25) is 9.69 Å². The number of carbonyl (C=O) groups excluding carboxylic acids is 1. The van der Waals surface area contributed by atoms with Crippen molar-refractivity contribution in [3.05, 3.63) is 0 Å². The van der Waals surface area contributed by atoms with Crippen molar-refractivity contribution in [3.8, 4) is 0 Å². The van der Waals surface area contributed by atoms with E-state index < -0.39 is 0 Å². The predicted octanol–water partition coefficient (Wildman–Crippen LogP) is 1.17. The summed E-state index contributed by atoms with van der Waals surface area (Å²) in [6, 6.07) is 0. The lowest BCUT2D eigenvalue weighted by atomic mass is 10.0. The number of carbonyl (C=O) groups is 1. The van der Waals surface area contributed by atoms with Crippen LogP contribution in [0.4, 0.5) is 0 Å². The van der Waals surface area contributed by atoms with E-state index in [1.54, 1.807) is 0 Å². The molecule has 2 fully saturated rings. The monoisotopic (exact) mass is 257 g/mol. The summed E-state index contributed by atoms with van der Waals surface area (Å²) in [6.45, 7) is 6.07. The van der Waals surface area contributed by atoms with E-state index in [9.17, 15) is 4.79 Å². The molecule has 2 rings (SSSR count). The van der Waals surface area contributed by atoms with Gasteiger partial charge in [-0.25, -0.2) is 0 Å². The van der Waals surface area contributed by atoms with Crippen molar-refractivity contribution in [1.29, 1.82) is 0 Å². The standard InChI is InChI=1S/C13H23NO4/c1-2-3-8-16-12(15)11-14-6-4-13(5-7-14)17-9-10-18-13/h2-11H2,1H3. The molecule has 0 bridgehead atoms. The number of ether oxygens (including phenoxy) is 3. The van der Waals surface area contributed by atoms with E-state index in [1.165, 1.54) is 0 Å². The van der Waals surface area contributed by atoms with E-state index in [1.807, 2.05) is 0 Å². The highest BCUT2D eigenvalue weighted by molar-refractivity contribution is 5.71. The van der Waals surface area contributed by atoms with Crippen LogP contribution in [0, 0.1) is 0 Å². The second-order valence-corrected chi connectivity index (χ2v) is 4.96. The van der Waals surface area contributed by atoms with Crippen molar-refractivity contribution in [3.63, 3.8) is 0 Å². The van der Waals surface area contributed by atoms with E-state index in [0.29, 0.717) is 26.4 Å². The topological polar surface area (TPSA) is 48.0 Å². The average Bonchev–Trinajstić information content (AvgIpc) is 2.81. The van der Waals surface area contributed by atoms with E-state index >= 15 is 0 Å².